The van der Waals surface area contributed by atoms with E-state index < -0.39 is 10.0 Å². The molecule has 0 heterocycles. The Kier molecular flexibility index (Phi) is 4.87. The van der Waals surface area contributed by atoms with Gasteiger partial charge in [-0.15, -0.1) is 0 Å². The quantitative estimate of drug-likeness (QED) is 0.847. The van der Waals surface area contributed by atoms with Gasteiger partial charge < -0.3 is 10.5 Å². The minimum atomic E-state index is -3.74. The second kappa shape index (κ2) is 6.46. The van der Waals surface area contributed by atoms with E-state index in [0.29, 0.717) is 15.9 Å². The van der Waals surface area contributed by atoms with Crippen molar-refractivity contribution < 1.29 is 13.2 Å². The number of hydrogen-bond donors (Lipinski definition) is 2. The van der Waals surface area contributed by atoms with Crippen molar-refractivity contribution >= 4 is 31.6 Å². The van der Waals surface area contributed by atoms with Gasteiger partial charge in [0.1, 0.15) is 10.6 Å². The van der Waals surface area contributed by atoms with Gasteiger partial charge in [0.05, 0.1) is 12.8 Å². The van der Waals surface area contributed by atoms with Crippen molar-refractivity contribution in [1.82, 2.24) is 0 Å². The summed E-state index contributed by atoms with van der Waals surface area (Å²) in [5.74, 6) is 0.451. The third kappa shape index (κ3) is 3.55. The number of rotatable bonds is 5. The van der Waals surface area contributed by atoms with E-state index in [2.05, 4.69) is 20.7 Å². The Morgan fingerprint density at radius 3 is 2.62 bits per heavy atom. The Morgan fingerprint density at radius 2 is 1.95 bits per heavy atom. The van der Waals surface area contributed by atoms with Crippen molar-refractivity contribution in [3.63, 3.8) is 0 Å². The predicted molar refractivity (Wildman–Crippen MR) is 85.8 cm³/mol. The first kappa shape index (κ1) is 15.8. The van der Waals surface area contributed by atoms with Crippen molar-refractivity contribution in [2.24, 2.45) is 5.73 Å². The summed E-state index contributed by atoms with van der Waals surface area (Å²) in [6.45, 7) is 0.268. The second-order valence-corrected chi connectivity index (χ2v) is 6.78. The highest BCUT2D eigenvalue weighted by atomic mass is 79.9. The molecular formula is C14H15BrN2O3S. The molecule has 0 aliphatic heterocycles. The van der Waals surface area contributed by atoms with Gasteiger partial charge in [0.15, 0.2) is 0 Å². The number of nitrogens with one attached hydrogen (secondary N) is 1. The van der Waals surface area contributed by atoms with Gasteiger partial charge in [0, 0.05) is 11.0 Å². The van der Waals surface area contributed by atoms with Crippen molar-refractivity contribution in [1.29, 1.82) is 0 Å². The van der Waals surface area contributed by atoms with Crippen LogP contribution in [-0.4, -0.2) is 15.5 Å². The van der Waals surface area contributed by atoms with Gasteiger partial charge in [-0.05, 0) is 45.8 Å². The highest BCUT2D eigenvalue weighted by molar-refractivity contribution is 9.10. The zero-order valence-corrected chi connectivity index (χ0v) is 13.7. The van der Waals surface area contributed by atoms with Gasteiger partial charge in [-0.1, -0.05) is 18.2 Å². The maximum atomic E-state index is 12.5. The van der Waals surface area contributed by atoms with Crippen LogP contribution in [0, 0.1) is 0 Å². The number of hydrogen-bond acceptors (Lipinski definition) is 4. The fourth-order valence-corrected chi connectivity index (χ4v) is 3.89. The van der Waals surface area contributed by atoms with Crippen LogP contribution in [0.2, 0.25) is 0 Å². The lowest BCUT2D eigenvalue weighted by Gasteiger charge is -2.13. The van der Waals surface area contributed by atoms with Crippen LogP contribution in [-0.2, 0) is 16.6 Å². The number of methoxy groups -OCH3 is 1. The summed E-state index contributed by atoms with van der Waals surface area (Å²) in [4.78, 5) is 0.136. The molecule has 21 heavy (non-hydrogen) atoms. The molecule has 3 N–H and O–H groups in total. The van der Waals surface area contributed by atoms with Crippen LogP contribution in [0.25, 0.3) is 0 Å². The summed E-state index contributed by atoms with van der Waals surface area (Å²) in [5, 5.41) is 0. The van der Waals surface area contributed by atoms with Crippen LogP contribution in [0.3, 0.4) is 0 Å². The zero-order valence-electron chi connectivity index (χ0n) is 11.3. The molecule has 0 bridgehead atoms. The molecule has 0 spiro atoms. The van der Waals surface area contributed by atoms with Crippen LogP contribution >= 0.6 is 15.9 Å². The predicted octanol–water partition coefficient (Wildman–Crippen LogP) is 2.72. The Morgan fingerprint density at radius 1 is 1.24 bits per heavy atom. The van der Waals surface area contributed by atoms with E-state index in [4.69, 9.17) is 10.5 Å². The number of nitrogens with two attached hydrogens (primary N) is 1. The lowest BCUT2D eigenvalue weighted by molar-refractivity contribution is 0.417. The van der Waals surface area contributed by atoms with Crippen molar-refractivity contribution in [3.05, 3.63) is 52.5 Å². The fraction of sp³-hybridized carbons (Fsp3) is 0.143. The number of halogens is 1. The minimum absolute atomic E-state index is 0.136. The average Bonchev–Trinajstić information content (AvgIpc) is 2.47. The van der Waals surface area contributed by atoms with E-state index in [9.17, 15) is 8.42 Å². The van der Waals surface area contributed by atoms with Crippen LogP contribution in [0.15, 0.2) is 51.8 Å². The highest BCUT2D eigenvalue weighted by Crippen LogP contribution is 2.29. The van der Waals surface area contributed by atoms with Crippen LogP contribution in [0.4, 0.5) is 5.69 Å². The molecule has 0 saturated carbocycles. The third-order valence-corrected chi connectivity index (χ3v) is 5.23. The van der Waals surface area contributed by atoms with Gasteiger partial charge in [-0.2, -0.15) is 0 Å². The van der Waals surface area contributed by atoms with E-state index in [0.717, 1.165) is 5.56 Å². The first-order chi connectivity index (χ1) is 9.97. The first-order valence-corrected chi connectivity index (χ1v) is 8.40. The van der Waals surface area contributed by atoms with Gasteiger partial charge in [0.2, 0.25) is 0 Å². The van der Waals surface area contributed by atoms with Crippen LogP contribution in [0.5, 0.6) is 5.75 Å². The zero-order chi connectivity index (χ0) is 15.5. The molecule has 2 rings (SSSR count). The SMILES string of the molecule is COc1ccccc1NS(=O)(=O)c1cc(CN)ccc1Br. The number of sulfonamides is 1. The molecule has 0 radical (unpaired) electrons. The Labute approximate surface area is 132 Å². The standard InChI is InChI=1S/C14H15BrN2O3S/c1-20-13-5-3-2-4-12(13)17-21(18,19)14-8-10(9-16)6-7-11(14)15/h2-8,17H,9,16H2,1H3. The number of ether oxygens (including phenoxy) is 1. The minimum Gasteiger partial charge on any atom is -0.495 e. The van der Waals surface area contributed by atoms with E-state index in [1.807, 2.05) is 0 Å². The Hall–Kier alpha value is -1.57. The summed E-state index contributed by atoms with van der Waals surface area (Å²) in [6.07, 6.45) is 0. The smallest absolute Gasteiger partial charge is 0.263 e. The molecule has 0 amide bonds. The molecule has 0 aliphatic carbocycles. The summed E-state index contributed by atoms with van der Waals surface area (Å²) in [7, 11) is -2.26. The molecular weight excluding hydrogens is 356 g/mol. The number of para-hydroxylation sites is 2. The molecule has 112 valence electrons. The number of anilines is 1. The van der Waals surface area contributed by atoms with Crippen LogP contribution in [0.1, 0.15) is 5.56 Å². The summed E-state index contributed by atoms with van der Waals surface area (Å²) in [5.41, 5.74) is 6.67. The normalized spacial score (nSPS) is 11.2. The molecule has 0 aliphatic rings. The lowest BCUT2D eigenvalue weighted by Crippen LogP contribution is -2.15. The van der Waals surface area contributed by atoms with Gasteiger partial charge >= 0.3 is 0 Å². The van der Waals surface area contributed by atoms with Gasteiger partial charge in [0.25, 0.3) is 10.0 Å². The van der Waals surface area contributed by atoms with E-state index in [1.165, 1.54) is 7.11 Å². The van der Waals surface area contributed by atoms with Crippen molar-refractivity contribution in [2.75, 3.05) is 11.8 Å². The fourth-order valence-electron chi connectivity index (χ4n) is 1.81. The molecule has 0 fully saturated rings. The number of benzene rings is 2. The summed E-state index contributed by atoms with van der Waals surface area (Å²) < 4.78 is 33.2. The molecule has 2 aromatic carbocycles. The largest absolute Gasteiger partial charge is 0.495 e. The second-order valence-electron chi connectivity index (χ2n) is 4.27. The van der Waals surface area contributed by atoms with E-state index in [1.54, 1.807) is 42.5 Å². The van der Waals surface area contributed by atoms with E-state index >= 15 is 0 Å². The molecule has 0 aromatic heterocycles. The summed E-state index contributed by atoms with van der Waals surface area (Å²) >= 11 is 3.25. The van der Waals surface area contributed by atoms with E-state index in [-0.39, 0.29) is 11.4 Å². The van der Waals surface area contributed by atoms with Crippen LogP contribution < -0.4 is 15.2 Å². The Bertz CT molecular complexity index is 748. The molecule has 0 atom stereocenters. The monoisotopic (exact) mass is 370 g/mol. The molecule has 7 heteroatoms. The molecule has 2 aromatic rings. The first-order valence-electron chi connectivity index (χ1n) is 6.12. The maximum Gasteiger partial charge on any atom is 0.263 e. The summed E-state index contributed by atoms with van der Waals surface area (Å²) in [6, 6.07) is 11.8. The Balaban J connectivity index is 2.43. The lowest BCUT2D eigenvalue weighted by atomic mass is 10.2. The van der Waals surface area contributed by atoms with Gasteiger partial charge in [-0.25, -0.2) is 8.42 Å². The average molecular weight is 371 g/mol. The highest BCUT2D eigenvalue weighted by Gasteiger charge is 2.19. The molecule has 5 nitrogen and oxygen atoms in total. The topological polar surface area (TPSA) is 81.4 Å². The van der Waals surface area contributed by atoms with Gasteiger partial charge in [-0.3, -0.25) is 4.72 Å². The third-order valence-electron chi connectivity index (χ3n) is 2.87. The maximum absolute atomic E-state index is 12.5. The molecule has 0 saturated heterocycles. The van der Waals surface area contributed by atoms with Crippen molar-refractivity contribution in [2.45, 2.75) is 11.4 Å². The molecule has 0 unspecified atom stereocenters. The van der Waals surface area contributed by atoms with Crippen molar-refractivity contribution in [3.8, 4) is 5.75 Å².